The van der Waals surface area contributed by atoms with E-state index >= 15 is 9.59 Å². The summed E-state index contributed by atoms with van der Waals surface area (Å²) < 4.78 is 3.24. The van der Waals surface area contributed by atoms with Crippen molar-refractivity contribution in [2.75, 3.05) is 5.73 Å². The first-order chi connectivity index (χ1) is 38.2. The first-order valence-electron chi connectivity index (χ1n) is 26.4. The highest BCUT2D eigenvalue weighted by Crippen LogP contribution is 2.50. The van der Waals surface area contributed by atoms with Crippen molar-refractivity contribution in [3.8, 4) is 71.5 Å². The van der Waals surface area contributed by atoms with Crippen molar-refractivity contribution in [2.24, 2.45) is 0 Å². The largest absolute Gasteiger partial charge is 0.398 e. The molecule has 0 radical (unpaired) electrons. The van der Waals surface area contributed by atoms with Gasteiger partial charge in [0, 0.05) is 65.8 Å². The molecule has 370 valence electrons. The van der Waals surface area contributed by atoms with Crippen LogP contribution in [-0.2, 0) is 6.42 Å². The average molecular weight is 1010 g/mol. The van der Waals surface area contributed by atoms with Crippen molar-refractivity contribution >= 4 is 131 Å². The minimum Gasteiger partial charge on any atom is -0.398 e. The number of rotatable bonds is 12. The minimum atomic E-state index is -0.453. The lowest BCUT2D eigenvalue weighted by atomic mass is 9.84. The number of pyridine rings is 2. The molecule has 2 N–H and O–H groups in total. The van der Waals surface area contributed by atoms with E-state index in [0.29, 0.717) is 87.4 Å². The first kappa shape index (κ1) is 47.4. The number of benzene rings is 9. The van der Waals surface area contributed by atoms with Gasteiger partial charge in [-0.2, -0.15) is 0 Å². The van der Waals surface area contributed by atoms with E-state index in [0.717, 1.165) is 50.8 Å². The van der Waals surface area contributed by atoms with Crippen molar-refractivity contribution in [1.29, 1.82) is 0 Å². The van der Waals surface area contributed by atoms with Crippen LogP contribution in [0.5, 0.6) is 0 Å². The van der Waals surface area contributed by atoms with E-state index in [1.54, 1.807) is 14.9 Å². The lowest BCUT2D eigenvalue weighted by Crippen LogP contribution is -2.18. The summed E-state index contributed by atoms with van der Waals surface area (Å²) in [5.41, 5.74) is 12.0. The fourth-order valence-electron chi connectivity index (χ4n) is 12.3. The lowest BCUT2D eigenvalue weighted by molar-refractivity contribution is -0.382. The van der Waals surface area contributed by atoms with E-state index in [9.17, 15) is 10.1 Å². The SMILES string of the molecule is C#CC#CC#CC#CC#CC#Cc1cc2cccc3c2c(c1)nc1c2ccc4c5c(N)cc6c(=O)n7c8cccc9cc(CCCCCCCCCCCC)cc(nc7c7ccc(c%10c([N+](=O)[O-])cc(c(=O)n31)c2c4%10)c5c67)c98. The van der Waals surface area contributed by atoms with Gasteiger partial charge in [0.15, 0.2) is 0 Å². The second kappa shape index (κ2) is 19.1. The monoisotopic (exact) mass is 1010 g/mol. The third-order valence-corrected chi connectivity index (χ3v) is 15.5. The topological polar surface area (TPSA) is 138 Å². The highest BCUT2D eigenvalue weighted by Gasteiger charge is 2.29. The van der Waals surface area contributed by atoms with Crippen LogP contribution in [0.15, 0.2) is 107 Å². The first-order valence-corrected chi connectivity index (χ1v) is 26.4. The van der Waals surface area contributed by atoms with Gasteiger partial charge >= 0.3 is 0 Å². The molecular formula is C68H44N6O4. The Bertz CT molecular complexity index is 5290. The van der Waals surface area contributed by atoms with Crippen LogP contribution in [0, 0.1) is 81.7 Å². The number of nitro benzene ring substituents is 1. The zero-order chi connectivity index (χ0) is 53.2. The summed E-state index contributed by atoms with van der Waals surface area (Å²) in [5, 5.41) is 23.3. The standard InChI is InChI=1S/C68H44N6O4/c1-3-5-7-9-11-13-15-17-19-21-25-41-35-43-27-23-29-54-57(43)52(37-41)70-65-47-34-32-46-62-56(74(77)78)40-50-60-48(33-31-45(64(60)62)61-51(69)39-49(59(47)63(46)61)67(75)72(54)65)66-71-53-38-42(26-22-20-18-16-14-12-10-8-6-4-2)36-44-28-24-30-55(58(44)53)73(66)68(50)76/h2,23-24,27-40H,3,5,7,9,11,13,15,17,19,21,25,69H2,1H3. The normalized spacial score (nSPS) is 11.4. The minimum absolute atomic E-state index is 0.169. The molecule has 0 fully saturated rings. The second-order valence-corrected chi connectivity index (χ2v) is 20.1. The fraction of sp³-hybridized carbons (Fsp3) is 0.176. The maximum absolute atomic E-state index is 15.2. The van der Waals surface area contributed by atoms with Crippen molar-refractivity contribution < 1.29 is 4.92 Å². The number of nitrogen functional groups attached to an aromatic ring is 1. The predicted molar refractivity (Wildman–Crippen MR) is 319 cm³/mol. The van der Waals surface area contributed by atoms with Crippen LogP contribution >= 0.6 is 0 Å². The number of hydrogen-bond donors (Lipinski definition) is 1. The van der Waals surface area contributed by atoms with Crippen molar-refractivity contribution in [3.63, 3.8) is 0 Å². The fourth-order valence-corrected chi connectivity index (χ4v) is 12.3. The van der Waals surface area contributed by atoms with Crippen LogP contribution < -0.4 is 16.9 Å². The smallest absolute Gasteiger partial charge is 0.278 e. The number of aryl methyl sites for hydroxylation is 1. The molecule has 0 aliphatic rings. The number of nitrogens with two attached hydrogens (primary N) is 1. The summed E-state index contributed by atoms with van der Waals surface area (Å²) in [6.07, 6.45) is 18.7. The van der Waals surface area contributed by atoms with Gasteiger partial charge in [0.05, 0.1) is 43.1 Å². The molecule has 0 amide bonds. The Morgan fingerprint density at radius 2 is 1.04 bits per heavy atom. The van der Waals surface area contributed by atoms with Gasteiger partial charge in [-0.05, 0) is 148 Å². The summed E-state index contributed by atoms with van der Waals surface area (Å²) in [6, 6.07) is 30.6. The van der Waals surface area contributed by atoms with Gasteiger partial charge in [-0.3, -0.25) is 28.5 Å². The van der Waals surface area contributed by atoms with Crippen LogP contribution in [0.25, 0.3) is 120 Å². The average Bonchev–Trinajstić information content (AvgIpc) is 3.56. The quantitative estimate of drug-likeness (QED) is 0.0245. The van der Waals surface area contributed by atoms with Gasteiger partial charge < -0.3 is 5.73 Å². The number of aromatic nitrogens is 4. The molecule has 4 heterocycles. The van der Waals surface area contributed by atoms with E-state index in [1.807, 2.05) is 66.7 Å². The van der Waals surface area contributed by atoms with E-state index < -0.39 is 10.5 Å². The van der Waals surface area contributed by atoms with Crippen LogP contribution in [0.2, 0.25) is 0 Å². The molecule has 0 aliphatic carbocycles. The van der Waals surface area contributed by atoms with Crippen LogP contribution in [0.4, 0.5) is 11.4 Å². The summed E-state index contributed by atoms with van der Waals surface area (Å²) in [7, 11) is 0. The van der Waals surface area contributed by atoms with Crippen LogP contribution in [0.1, 0.15) is 82.3 Å². The second-order valence-electron chi connectivity index (χ2n) is 20.1. The van der Waals surface area contributed by atoms with Crippen molar-refractivity contribution in [1.82, 2.24) is 18.8 Å². The Kier molecular flexibility index (Phi) is 11.6. The number of anilines is 1. The Balaban J connectivity index is 0.989. The molecule has 0 saturated carbocycles. The van der Waals surface area contributed by atoms with Gasteiger partial charge in [-0.25, -0.2) is 9.97 Å². The molecule has 13 aromatic rings. The Labute approximate surface area is 446 Å². The van der Waals surface area contributed by atoms with E-state index in [-0.39, 0.29) is 16.6 Å². The lowest BCUT2D eigenvalue weighted by Gasteiger charge is -2.21. The molecule has 13 rings (SSSR count). The zero-order valence-corrected chi connectivity index (χ0v) is 42.5. The molecule has 0 saturated heterocycles. The van der Waals surface area contributed by atoms with E-state index in [2.05, 4.69) is 90.2 Å². The zero-order valence-electron chi connectivity index (χ0n) is 42.5. The molecule has 0 aliphatic heterocycles. The molecular weight excluding hydrogens is 965 g/mol. The van der Waals surface area contributed by atoms with Crippen molar-refractivity contribution in [3.05, 3.63) is 139 Å². The van der Waals surface area contributed by atoms with E-state index in [1.165, 1.54) is 69.4 Å². The molecule has 0 bridgehead atoms. The highest BCUT2D eigenvalue weighted by atomic mass is 16.6. The predicted octanol–water partition coefficient (Wildman–Crippen LogP) is 13.5. The summed E-state index contributed by atoms with van der Waals surface area (Å²) in [6.45, 7) is 2.26. The molecule has 0 atom stereocenters. The number of nitro groups is 1. The highest BCUT2D eigenvalue weighted by molar-refractivity contribution is 6.44. The van der Waals surface area contributed by atoms with Gasteiger partial charge in [0.1, 0.15) is 11.3 Å². The Morgan fingerprint density at radius 3 is 1.64 bits per heavy atom. The molecule has 10 nitrogen and oxygen atoms in total. The number of non-ortho nitro benzene ring substituents is 1. The molecule has 78 heavy (non-hydrogen) atoms. The molecule has 0 spiro atoms. The third-order valence-electron chi connectivity index (χ3n) is 15.5. The van der Waals surface area contributed by atoms with Crippen LogP contribution in [-0.4, -0.2) is 23.7 Å². The van der Waals surface area contributed by atoms with Gasteiger partial charge in [0.25, 0.3) is 16.8 Å². The molecule has 10 heteroatoms. The van der Waals surface area contributed by atoms with Gasteiger partial charge in [0.2, 0.25) is 0 Å². The Hall–Kier alpha value is -10.4. The molecule has 0 unspecified atom stereocenters. The number of terminal acetylenes is 1. The van der Waals surface area contributed by atoms with E-state index in [4.69, 9.17) is 22.1 Å². The third kappa shape index (κ3) is 7.47. The summed E-state index contributed by atoms with van der Waals surface area (Å²) in [5.74, 6) is 28.7. The molecule has 9 aromatic carbocycles. The summed E-state index contributed by atoms with van der Waals surface area (Å²) in [4.78, 5) is 53.9. The maximum Gasteiger partial charge on any atom is 0.278 e. The van der Waals surface area contributed by atoms with Gasteiger partial charge in [-0.1, -0.05) is 113 Å². The maximum atomic E-state index is 15.2. The number of fused-ring (bicyclic) bond motifs is 8. The number of unbranched alkanes of at least 4 members (excludes halogenated alkanes) is 9. The van der Waals surface area contributed by atoms with Gasteiger partial charge in [-0.15, -0.1) is 6.42 Å². The van der Waals surface area contributed by atoms with Crippen LogP contribution in [0.3, 0.4) is 0 Å². The Morgan fingerprint density at radius 1 is 0.526 bits per heavy atom. The summed E-state index contributed by atoms with van der Waals surface area (Å²) >= 11 is 0. The number of hydrogen-bond acceptors (Lipinski definition) is 7. The number of nitrogens with zero attached hydrogens (tertiary/aromatic N) is 5. The molecule has 4 aromatic heterocycles. The van der Waals surface area contributed by atoms with Crippen molar-refractivity contribution in [2.45, 2.75) is 77.6 Å².